The highest BCUT2D eigenvalue weighted by Crippen LogP contribution is 2.07. The third-order valence-corrected chi connectivity index (χ3v) is 1.83. The average Bonchev–Trinajstić information content (AvgIpc) is 1.97. The molecule has 0 spiro atoms. The Morgan fingerprint density at radius 3 is 2.58 bits per heavy atom. The Morgan fingerprint density at radius 2 is 2.08 bits per heavy atom. The van der Waals surface area contributed by atoms with E-state index in [9.17, 15) is 9.90 Å². The van der Waals surface area contributed by atoms with Crippen LogP contribution in [0.15, 0.2) is 0 Å². The van der Waals surface area contributed by atoms with Crippen molar-refractivity contribution in [2.75, 3.05) is 0 Å². The molecule has 1 amide bonds. The third kappa shape index (κ3) is 7.54. The molecule has 0 aromatic heterocycles. The number of aliphatic hydroxyl groups is 1. The van der Waals surface area contributed by atoms with Gasteiger partial charge >= 0.3 is 0 Å². The number of hydrogen-bond donors (Lipinski definition) is 2. The second-order valence-corrected chi connectivity index (χ2v) is 3.17. The van der Waals surface area contributed by atoms with Gasteiger partial charge < -0.3 is 10.8 Å². The predicted molar refractivity (Wildman–Crippen MR) is 48.6 cm³/mol. The lowest BCUT2D eigenvalue weighted by Crippen LogP contribution is -2.19. The summed E-state index contributed by atoms with van der Waals surface area (Å²) < 4.78 is 0. The Morgan fingerprint density at radius 1 is 1.42 bits per heavy atom. The molecule has 0 aromatic rings. The van der Waals surface area contributed by atoms with Crippen LogP contribution >= 0.6 is 0 Å². The first-order valence-electron chi connectivity index (χ1n) is 4.63. The van der Waals surface area contributed by atoms with Gasteiger partial charge in [-0.05, 0) is 6.42 Å². The zero-order chi connectivity index (χ0) is 9.40. The lowest BCUT2D eigenvalue weighted by molar-refractivity contribution is -0.119. The van der Waals surface area contributed by atoms with Crippen LogP contribution < -0.4 is 5.73 Å². The fraction of sp³-hybridized carbons (Fsp3) is 0.889. The summed E-state index contributed by atoms with van der Waals surface area (Å²) in [5.74, 6) is -0.419. The lowest BCUT2D eigenvalue weighted by atomic mass is 10.1. The quantitative estimate of drug-likeness (QED) is 0.568. The minimum absolute atomic E-state index is 0.103. The number of rotatable bonds is 7. The van der Waals surface area contributed by atoms with Crippen LogP contribution in [0.3, 0.4) is 0 Å². The van der Waals surface area contributed by atoms with Crippen LogP contribution in [0.5, 0.6) is 0 Å². The van der Waals surface area contributed by atoms with Crippen molar-refractivity contribution in [1.29, 1.82) is 0 Å². The first-order valence-corrected chi connectivity index (χ1v) is 4.63. The van der Waals surface area contributed by atoms with E-state index in [0.29, 0.717) is 6.42 Å². The van der Waals surface area contributed by atoms with Gasteiger partial charge in [-0.1, -0.05) is 32.6 Å². The average molecular weight is 173 g/mol. The van der Waals surface area contributed by atoms with E-state index >= 15 is 0 Å². The topological polar surface area (TPSA) is 63.3 Å². The van der Waals surface area contributed by atoms with Gasteiger partial charge in [-0.15, -0.1) is 0 Å². The Balaban J connectivity index is 3.19. The summed E-state index contributed by atoms with van der Waals surface area (Å²) in [6.45, 7) is 2.14. The van der Waals surface area contributed by atoms with E-state index in [2.05, 4.69) is 6.92 Å². The number of unbranched alkanes of at least 4 members (excludes halogenated alkanes) is 3. The van der Waals surface area contributed by atoms with Crippen LogP contribution in [0.4, 0.5) is 0 Å². The molecular weight excluding hydrogens is 154 g/mol. The van der Waals surface area contributed by atoms with E-state index in [1.807, 2.05) is 0 Å². The highest BCUT2D eigenvalue weighted by molar-refractivity contribution is 5.74. The first kappa shape index (κ1) is 11.4. The maximum Gasteiger partial charge on any atom is 0.220 e. The molecule has 3 heteroatoms. The third-order valence-electron chi connectivity index (χ3n) is 1.83. The van der Waals surface area contributed by atoms with E-state index in [1.54, 1.807) is 0 Å². The summed E-state index contributed by atoms with van der Waals surface area (Å²) in [6, 6.07) is 0. The van der Waals surface area contributed by atoms with Crippen molar-refractivity contribution in [3.63, 3.8) is 0 Å². The van der Waals surface area contributed by atoms with Crippen LogP contribution in [0.2, 0.25) is 0 Å². The predicted octanol–water partition coefficient (Wildman–Crippen LogP) is 1.19. The smallest absolute Gasteiger partial charge is 0.220 e. The number of carbonyl (C=O) groups excluding carboxylic acids is 1. The standard InChI is InChI=1S/C9H19NO2/c1-2-3-4-5-6-8(11)7-9(10)12/h8,11H,2-7H2,1H3,(H2,10,12). The monoisotopic (exact) mass is 173 g/mol. The van der Waals surface area contributed by atoms with Gasteiger partial charge in [0.15, 0.2) is 0 Å². The molecule has 0 bridgehead atoms. The van der Waals surface area contributed by atoms with E-state index < -0.39 is 12.0 Å². The maximum atomic E-state index is 10.4. The van der Waals surface area contributed by atoms with Crippen molar-refractivity contribution < 1.29 is 9.90 Å². The van der Waals surface area contributed by atoms with Crippen LogP contribution in [0.25, 0.3) is 0 Å². The summed E-state index contributed by atoms with van der Waals surface area (Å²) in [4.78, 5) is 10.4. The molecular formula is C9H19NO2. The van der Waals surface area contributed by atoms with Crippen molar-refractivity contribution in [3.8, 4) is 0 Å². The molecule has 0 heterocycles. The molecule has 0 aliphatic carbocycles. The molecule has 1 unspecified atom stereocenters. The summed E-state index contributed by atoms with van der Waals surface area (Å²) in [6.07, 6.45) is 4.78. The van der Waals surface area contributed by atoms with E-state index in [-0.39, 0.29) is 6.42 Å². The van der Waals surface area contributed by atoms with E-state index in [4.69, 9.17) is 5.73 Å². The molecule has 0 aromatic carbocycles. The van der Waals surface area contributed by atoms with Crippen molar-refractivity contribution in [3.05, 3.63) is 0 Å². The molecule has 0 saturated carbocycles. The van der Waals surface area contributed by atoms with Crippen molar-refractivity contribution in [2.45, 2.75) is 51.6 Å². The fourth-order valence-corrected chi connectivity index (χ4v) is 1.14. The van der Waals surface area contributed by atoms with Crippen LogP contribution in [0, 0.1) is 0 Å². The molecule has 3 nitrogen and oxygen atoms in total. The van der Waals surface area contributed by atoms with E-state index in [0.717, 1.165) is 12.8 Å². The van der Waals surface area contributed by atoms with Crippen molar-refractivity contribution in [2.24, 2.45) is 5.73 Å². The number of amides is 1. The number of hydrogen-bond acceptors (Lipinski definition) is 2. The molecule has 0 aliphatic heterocycles. The molecule has 0 saturated heterocycles. The summed E-state index contributed by atoms with van der Waals surface area (Å²) >= 11 is 0. The minimum Gasteiger partial charge on any atom is -0.393 e. The lowest BCUT2D eigenvalue weighted by Gasteiger charge is -2.06. The number of primary amides is 1. The largest absolute Gasteiger partial charge is 0.393 e. The zero-order valence-corrected chi connectivity index (χ0v) is 7.75. The maximum absolute atomic E-state index is 10.4. The first-order chi connectivity index (χ1) is 5.66. The van der Waals surface area contributed by atoms with Gasteiger partial charge in [-0.3, -0.25) is 4.79 Å². The Labute approximate surface area is 74.0 Å². The fourth-order valence-electron chi connectivity index (χ4n) is 1.14. The van der Waals surface area contributed by atoms with E-state index in [1.165, 1.54) is 12.8 Å². The molecule has 12 heavy (non-hydrogen) atoms. The second kappa shape index (κ2) is 7.10. The van der Waals surface area contributed by atoms with Crippen LogP contribution in [-0.2, 0) is 4.79 Å². The molecule has 0 radical (unpaired) electrons. The van der Waals surface area contributed by atoms with Gasteiger partial charge in [-0.25, -0.2) is 0 Å². The summed E-state index contributed by atoms with van der Waals surface area (Å²) in [5, 5.41) is 9.22. The van der Waals surface area contributed by atoms with Gasteiger partial charge in [0.1, 0.15) is 0 Å². The van der Waals surface area contributed by atoms with Gasteiger partial charge in [-0.2, -0.15) is 0 Å². The van der Waals surface area contributed by atoms with Gasteiger partial charge in [0.05, 0.1) is 12.5 Å². The molecule has 3 N–H and O–H groups in total. The summed E-state index contributed by atoms with van der Waals surface area (Å²) in [5.41, 5.74) is 4.92. The Hall–Kier alpha value is -0.570. The second-order valence-electron chi connectivity index (χ2n) is 3.17. The SMILES string of the molecule is CCCCCCC(O)CC(N)=O. The number of aliphatic hydroxyl groups excluding tert-OH is 1. The van der Waals surface area contributed by atoms with Crippen LogP contribution in [0.1, 0.15) is 45.4 Å². The highest BCUT2D eigenvalue weighted by Gasteiger charge is 2.06. The molecule has 0 aliphatic rings. The molecule has 0 rings (SSSR count). The van der Waals surface area contributed by atoms with Gasteiger partial charge in [0.25, 0.3) is 0 Å². The number of carbonyl (C=O) groups is 1. The van der Waals surface area contributed by atoms with Gasteiger partial charge in [0.2, 0.25) is 5.91 Å². The van der Waals surface area contributed by atoms with Crippen molar-refractivity contribution >= 4 is 5.91 Å². The summed E-state index contributed by atoms with van der Waals surface area (Å²) in [7, 11) is 0. The molecule has 1 atom stereocenters. The minimum atomic E-state index is -0.528. The molecule has 72 valence electrons. The Kier molecular flexibility index (Phi) is 6.76. The van der Waals surface area contributed by atoms with Crippen LogP contribution in [-0.4, -0.2) is 17.1 Å². The van der Waals surface area contributed by atoms with Crippen molar-refractivity contribution in [1.82, 2.24) is 0 Å². The molecule has 0 fully saturated rings. The highest BCUT2D eigenvalue weighted by atomic mass is 16.3. The normalized spacial score (nSPS) is 12.8. The Bertz CT molecular complexity index is 126. The zero-order valence-electron chi connectivity index (χ0n) is 7.75. The number of nitrogens with two attached hydrogens (primary N) is 1. The van der Waals surface area contributed by atoms with Gasteiger partial charge in [0, 0.05) is 0 Å².